The highest BCUT2D eigenvalue weighted by molar-refractivity contribution is 9.10. The monoisotopic (exact) mass is 392 g/mol. The summed E-state index contributed by atoms with van der Waals surface area (Å²) in [5.41, 5.74) is 3.72. The fraction of sp³-hybridized carbons (Fsp3) is 0.333. The van der Waals surface area contributed by atoms with Crippen LogP contribution in [0.4, 0.5) is 0 Å². The van der Waals surface area contributed by atoms with Gasteiger partial charge in [0.15, 0.2) is 10.8 Å². The summed E-state index contributed by atoms with van der Waals surface area (Å²) in [6.07, 6.45) is 0.763. The van der Waals surface area contributed by atoms with E-state index >= 15 is 0 Å². The maximum atomic E-state index is 12.0. The summed E-state index contributed by atoms with van der Waals surface area (Å²) in [5, 5.41) is 3.84. The third-order valence-electron chi connectivity index (χ3n) is 3.36. The number of nitrogens with zero attached hydrogens (tertiary/aromatic N) is 1. The maximum absolute atomic E-state index is 12.0. The van der Waals surface area contributed by atoms with E-state index in [0.29, 0.717) is 16.2 Å². The average molecular weight is 393 g/mol. The predicted molar refractivity (Wildman–Crippen MR) is 97.4 cm³/mol. The molecular formula is C18H21BrN2O3. The average Bonchev–Trinajstić information content (AvgIpc) is 2.92. The first-order chi connectivity index (χ1) is 11.3. The SMILES string of the molecule is CC(Oc1ccc(C(C)(C)C)cc1)C(=O)N/N=C/c1ccc(Br)o1. The van der Waals surface area contributed by atoms with Gasteiger partial charge in [-0.05, 0) is 58.1 Å². The van der Waals surface area contributed by atoms with Gasteiger partial charge in [-0.2, -0.15) is 5.10 Å². The Morgan fingerprint density at radius 2 is 1.92 bits per heavy atom. The molecule has 0 radical (unpaired) electrons. The fourth-order valence-electron chi connectivity index (χ4n) is 1.94. The molecule has 0 spiro atoms. The number of furan rings is 1. The number of hydrazone groups is 1. The molecule has 1 amide bonds. The Labute approximate surface area is 150 Å². The number of carbonyl (C=O) groups excluding carboxylic acids is 1. The third kappa shape index (κ3) is 5.23. The number of rotatable bonds is 5. The van der Waals surface area contributed by atoms with Crippen molar-refractivity contribution in [3.8, 4) is 5.75 Å². The highest BCUT2D eigenvalue weighted by Crippen LogP contribution is 2.24. The standard InChI is InChI=1S/C18H21BrN2O3/c1-12(17(22)21-20-11-15-9-10-16(19)24-15)23-14-7-5-13(6-8-14)18(2,3)4/h5-12H,1-4H3,(H,21,22)/b20-11+. The van der Waals surface area contributed by atoms with Gasteiger partial charge < -0.3 is 9.15 Å². The highest BCUT2D eigenvalue weighted by atomic mass is 79.9. The number of benzene rings is 1. The number of ether oxygens (including phenoxy) is 1. The Balaban J connectivity index is 1.88. The lowest BCUT2D eigenvalue weighted by atomic mass is 9.87. The van der Waals surface area contributed by atoms with Gasteiger partial charge in [0.1, 0.15) is 11.5 Å². The Morgan fingerprint density at radius 1 is 1.25 bits per heavy atom. The van der Waals surface area contributed by atoms with Crippen molar-refractivity contribution in [1.82, 2.24) is 5.43 Å². The molecule has 1 unspecified atom stereocenters. The molecule has 2 rings (SSSR count). The van der Waals surface area contributed by atoms with Crippen LogP contribution in [0.15, 0.2) is 50.6 Å². The van der Waals surface area contributed by atoms with Crippen LogP contribution in [0.3, 0.4) is 0 Å². The molecule has 128 valence electrons. The van der Waals surface area contributed by atoms with Crippen molar-refractivity contribution in [3.63, 3.8) is 0 Å². The van der Waals surface area contributed by atoms with E-state index in [1.54, 1.807) is 19.1 Å². The molecule has 24 heavy (non-hydrogen) atoms. The molecular weight excluding hydrogens is 372 g/mol. The van der Waals surface area contributed by atoms with Crippen LogP contribution in [-0.4, -0.2) is 18.2 Å². The zero-order valence-electron chi connectivity index (χ0n) is 14.2. The van der Waals surface area contributed by atoms with E-state index in [1.165, 1.54) is 11.8 Å². The smallest absolute Gasteiger partial charge is 0.280 e. The number of carbonyl (C=O) groups is 1. The van der Waals surface area contributed by atoms with Crippen LogP contribution >= 0.6 is 15.9 Å². The molecule has 0 aliphatic heterocycles. The molecule has 1 heterocycles. The van der Waals surface area contributed by atoms with E-state index in [0.717, 1.165) is 0 Å². The van der Waals surface area contributed by atoms with Crippen LogP contribution in [0.2, 0.25) is 0 Å². The molecule has 6 heteroatoms. The van der Waals surface area contributed by atoms with Crippen molar-refractivity contribution < 1.29 is 13.9 Å². The summed E-state index contributed by atoms with van der Waals surface area (Å²) in [5.74, 6) is 0.842. The van der Waals surface area contributed by atoms with Crippen LogP contribution in [0.5, 0.6) is 5.75 Å². The van der Waals surface area contributed by atoms with E-state index in [-0.39, 0.29) is 11.3 Å². The Hall–Kier alpha value is -2.08. The van der Waals surface area contributed by atoms with Gasteiger partial charge in [0.05, 0.1) is 6.21 Å². The number of amides is 1. The van der Waals surface area contributed by atoms with E-state index in [9.17, 15) is 4.79 Å². The second kappa shape index (κ2) is 7.66. The van der Waals surface area contributed by atoms with Gasteiger partial charge in [-0.3, -0.25) is 4.79 Å². The minimum atomic E-state index is -0.661. The van der Waals surface area contributed by atoms with Crippen molar-refractivity contribution in [2.45, 2.75) is 39.2 Å². The molecule has 0 aliphatic carbocycles. The van der Waals surface area contributed by atoms with Crippen molar-refractivity contribution in [3.05, 3.63) is 52.4 Å². The second-order valence-corrected chi connectivity index (χ2v) is 7.19. The van der Waals surface area contributed by atoms with Crippen LogP contribution in [-0.2, 0) is 10.2 Å². The summed E-state index contributed by atoms with van der Waals surface area (Å²) in [4.78, 5) is 12.0. The first-order valence-electron chi connectivity index (χ1n) is 7.61. The fourth-order valence-corrected chi connectivity index (χ4v) is 2.26. The Bertz CT molecular complexity index is 715. The highest BCUT2D eigenvalue weighted by Gasteiger charge is 2.16. The van der Waals surface area contributed by atoms with Crippen molar-refractivity contribution in [1.29, 1.82) is 0 Å². The number of hydrogen-bond donors (Lipinski definition) is 1. The molecule has 0 bridgehead atoms. The van der Waals surface area contributed by atoms with Crippen LogP contribution in [0, 0.1) is 0 Å². The summed E-state index contributed by atoms with van der Waals surface area (Å²) in [6.45, 7) is 8.11. The van der Waals surface area contributed by atoms with Gasteiger partial charge in [0.25, 0.3) is 5.91 Å². The minimum Gasteiger partial charge on any atom is -0.481 e. The van der Waals surface area contributed by atoms with Gasteiger partial charge >= 0.3 is 0 Å². The largest absolute Gasteiger partial charge is 0.481 e. The van der Waals surface area contributed by atoms with E-state index in [1.807, 2.05) is 24.3 Å². The number of hydrogen-bond acceptors (Lipinski definition) is 4. The topological polar surface area (TPSA) is 63.8 Å². The third-order valence-corrected chi connectivity index (χ3v) is 3.79. The van der Waals surface area contributed by atoms with Crippen molar-refractivity contribution >= 4 is 28.1 Å². The first-order valence-corrected chi connectivity index (χ1v) is 8.40. The van der Waals surface area contributed by atoms with Gasteiger partial charge in [-0.25, -0.2) is 5.43 Å². The predicted octanol–water partition coefficient (Wildman–Crippen LogP) is 4.26. The van der Waals surface area contributed by atoms with Gasteiger partial charge in [-0.1, -0.05) is 32.9 Å². The second-order valence-electron chi connectivity index (χ2n) is 6.41. The molecule has 0 fully saturated rings. The molecule has 1 aromatic carbocycles. The Morgan fingerprint density at radius 3 is 2.46 bits per heavy atom. The van der Waals surface area contributed by atoms with Crippen LogP contribution in [0.1, 0.15) is 39.0 Å². The van der Waals surface area contributed by atoms with Gasteiger partial charge in [-0.15, -0.1) is 0 Å². The lowest BCUT2D eigenvalue weighted by Crippen LogP contribution is -2.33. The summed E-state index contributed by atoms with van der Waals surface area (Å²) >= 11 is 3.19. The van der Waals surface area contributed by atoms with E-state index in [4.69, 9.17) is 9.15 Å². The minimum absolute atomic E-state index is 0.0804. The lowest BCUT2D eigenvalue weighted by molar-refractivity contribution is -0.127. The van der Waals surface area contributed by atoms with Crippen LogP contribution < -0.4 is 10.2 Å². The van der Waals surface area contributed by atoms with Crippen LogP contribution in [0.25, 0.3) is 0 Å². The molecule has 5 nitrogen and oxygen atoms in total. The zero-order valence-corrected chi connectivity index (χ0v) is 15.8. The number of nitrogens with one attached hydrogen (secondary N) is 1. The maximum Gasteiger partial charge on any atom is 0.280 e. The van der Waals surface area contributed by atoms with Crippen molar-refractivity contribution in [2.75, 3.05) is 0 Å². The van der Waals surface area contributed by atoms with Gasteiger partial charge in [0.2, 0.25) is 0 Å². The van der Waals surface area contributed by atoms with Gasteiger partial charge in [0, 0.05) is 0 Å². The molecule has 0 aliphatic rings. The molecule has 0 saturated carbocycles. The molecule has 1 atom stereocenters. The normalized spacial score (nSPS) is 13.0. The molecule has 2 aromatic rings. The first kappa shape index (κ1) is 18.3. The molecule has 0 saturated heterocycles. The van der Waals surface area contributed by atoms with E-state index < -0.39 is 6.10 Å². The lowest BCUT2D eigenvalue weighted by Gasteiger charge is -2.19. The number of halogens is 1. The summed E-state index contributed by atoms with van der Waals surface area (Å²) < 4.78 is 11.5. The zero-order chi connectivity index (χ0) is 17.7. The molecule has 1 N–H and O–H groups in total. The summed E-state index contributed by atoms with van der Waals surface area (Å²) in [7, 11) is 0. The quantitative estimate of drug-likeness (QED) is 0.610. The Kier molecular flexibility index (Phi) is 5.83. The van der Waals surface area contributed by atoms with Crippen molar-refractivity contribution in [2.24, 2.45) is 5.10 Å². The molecule has 1 aromatic heterocycles. The summed E-state index contributed by atoms with van der Waals surface area (Å²) in [6, 6.07) is 11.2. The van der Waals surface area contributed by atoms with E-state index in [2.05, 4.69) is 47.2 Å².